The average Bonchev–Trinajstić information content (AvgIpc) is 2.91. The first kappa shape index (κ1) is 16.5. The van der Waals surface area contributed by atoms with Crippen molar-refractivity contribution in [1.82, 2.24) is 0 Å². The molecule has 0 amide bonds. The van der Waals surface area contributed by atoms with Crippen LogP contribution in [0, 0.1) is 0 Å². The van der Waals surface area contributed by atoms with Gasteiger partial charge in [-0.2, -0.15) is 0 Å². The Hall–Kier alpha value is -1.85. The topological polar surface area (TPSA) is 60.8 Å². The number of aromatic carboxylic acids is 1. The Kier molecular flexibility index (Phi) is 4.88. The van der Waals surface area contributed by atoms with Crippen molar-refractivity contribution in [2.45, 2.75) is 32.7 Å². The van der Waals surface area contributed by atoms with Gasteiger partial charge in [-0.25, -0.2) is 4.79 Å². The van der Waals surface area contributed by atoms with E-state index in [0.29, 0.717) is 12.2 Å². The second kappa shape index (κ2) is 6.50. The van der Waals surface area contributed by atoms with Crippen LogP contribution in [0.5, 0.6) is 0 Å². The van der Waals surface area contributed by atoms with Crippen LogP contribution in [0.2, 0.25) is 0 Å². The van der Waals surface area contributed by atoms with Crippen molar-refractivity contribution in [3.63, 3.8) is 0 Å². The number of benzene rings is 1. The summed E-state index contributed by atoms with van der Waals surface area (Å²) in [4.78, 5) is 14.5. The maximum absolute atomic E-state index is 11.5. The van der Waals surface area contributed by atoms with Crippen molar-refractivity contribution < 1.29 is 15.0 Å². The van der Waals surface area contributed by atoms with Crippen LogP contribution in [0.4, 0.5) is 5.69 Å². The van der Waals surface area contributed by atoms with Gasteiger partial charge in [0.25, 0.3) is 0 Å². The molecule has 0 aliphatic rings. The molecule has 0 aliphatic heterocycles. The van der Waals surface area contributed by atoms with E-state index >= 15 is 0 Å². The quantitative estimate of drug-likeness (QED) is 0.825. The van der Waals surface area contributed by atoms with Gasteiger partial charge < -0.3 is 15.1 Å². The molecule has 0 atom stereocenters. The van der Waals surface area contributed by atoms with Gasteiger partial charge in [0.05, 0.1) is 5.69 Å². The van der Waals surface area contributed by atoms with Crippen molar-refractivity contribution in [2.75, 3.05) is 11.6 Å². The molecule has 0 spiro atoms. The van der Waals surface area contributed by atoms with Gasteiger partial charge in [-0.05, 0) is 17.0 Å². The number of thiophene rings is 1. The Morgan fingerprint density at radius 2 is 1.86 bits per heavy atom. The second-order valence-electron chi connectivity index (χ2n) is 6.21. The zero-order valence-corrected chi connectivity index (χ0v) is 13.9. The van der Waals surface area contributed by atoms with Crippen molar-refractivity contribution >= 4 is 23.0 Å². The standard InChI is InChI=1S/C17H21NO3S/c1-17(2,3)14-9-13(15(22-14)16(20)21)18(11-19)10-12-7-5-4-6-8-12/h4-9,19H,10-11H2,1-3H3,(H,20,21). The Bertz CT molecular complexity index is 644. The molecule has 2 N–H and O–H groups in total. The van der Waals surface area contributed by atoms with Gasteiger partial charge in [-0.15, -0.1) is 11.3 Å². The van der Waals surface area contributed by atoms with Gasteiger partial charge >= 0.3 is 5.97 Å². The number of hydrogen-bond acceptors (Lipinski definition) is 4. The van der Waals surface area contributed by atoms with E-state index < -0.39 is 5.97 Å². The number of carbonyl (C=O) groups is 1. The number of carboxylic acids is 1. The number of carboxylic acid groups (broad SMARTS) is 1. The molecule has 4 nitrogen and oxygen atoms in total. The van der Waals surface area contributed by atoms with Gasteiger partial charge in [-0.1, -0.05) is 51.1 Å². The van der Waals surface area contributed by atoms with Crippen molar-refractivity contribution in [3.8, 4) is 0 Å². The molecule has 0 radical (unpaired) electrons. The van der Waals surface area contributed by atoms with E-state index in [-0.39, 0.29) is 17.0 Å². The summed E-state index contributed by atoms with van der Waals surface area (Å²) in [6.07, 6.45) is 0. The minimum atomic E-state index is -0.956. The first-order valence-corrected chi connectivity index (χ1v) is 7.92. The average molecular weight is 319 g/mol. The van der Waals surface area contributed by atoms with Crippen LogP contribution in [-0.2, 0) is 12.0 Å². The fraction of sp³-hybridized carbons (Fsp3) is 0.353. The highest BCUT2D eigenvalue weighted by molar-refractivity contribution is 7.14. The number of aliphatic hydroxyl groups excluding tert-OH is 1. The lowest BCUT2D eigenvalue weighted by molar-refractivity contribution is 0.0702. The third kappa shape index (κ3) is 3.67. The molecule has 0 fully saturated rings. The lowest BCUT2D eigenvalue weighted by atomic mass is 9.94. The summed E-state index contributed by atoms with van der Waals surface area (Å²) in [6.45, 7) is 6.39. The molecule has 0 aliphatic carbocycles. The lowest BCUT2D eigenvalue weighted by Crippen LogP contribution is -2.24. The van der Waals surface area contributed by atoms with E-state index in [2.05, 4.69) is 20.8 Å². The summed E-state index contributed by atoms with van der Waals surface area (Å²) < 4.78 is 0. The van der Waals surface area contributed by atoms with E-state index in [0.717, 1.165) is 10.4 Å². The molecule has 0 saturated carbocycles. The molecule has 2 rings (SSSR count). The van der Waals surface area contributed by atoms with Crippen LogP contribution in [0.3, 0.4) is 0 Å². The summed E-state index contributed by atoms with van der Waals surface area (Å²) in [6, 6.07) is 11.6. The van der Waals surface area contributed by atoms with Crippen LogP contribution in [0.1, 0.15) is 40.9 Å². The van der Waals surface area contributed by atoms with Crippen molar-refractivity contribution in [2.24, 2.45) is 0 Å². The third-order valence-electron chi connectivity index (χ3n) is 3.37. The van der Waals surface area contributed by atoms with Crippen LogP contribution in [0.15, 0.2) is 36.4 Å². The van der Waals surface area contributed by atoms with Gasteiger partial charge in [0.2, 0.25) is 0 Å². The molecule has 1 aromatic heterocycles. The Morgan fingerprint density at radius 3 is 2.36 bits per heavy atom. The predicted molar refractivity (Wildman–Crippen MR) is 89.7 cm³/mol. The molecular weight excluding hydrogens is 298 g/mol. The molecule has 0 bridgehead atoms. The number of nitrogens with zero attached hydrogens (tertiary/aromatic N) is 1. The molecule has 1 aromatic carbocycles. The Labute approximate surface area is 134 Å². The predicted octanol–water partition coefficient (Wildman–Crippen LogP) is 3.70. The molecule has 0 unspecified atom stereocenters. The summed E-state index contributed by atoms with van der Waals surface area (Å²) in [5, 5.41) is 19.2. The van der Waals surface area contributed by atoms with E-state index in [4.69, 9.17) is 0 Å². The highest BCUT2D eigenvalue weighted by atomic mass is 32.1. The summed E-state index contributed by atoms with van der Waals surface area (Å²) in [5.41, 5.74) is 1.48. The third-order valence-corrected chi connectivity index (χ3v) is 4.91. The van der Waals surface area contributed by atoms with Crippen molar-refractivity contribution in [1.29, 1.82) is 0 Å². The summed E-state index contributed by atoms with van der Waals surface area (Å²) >= 11 is 1.28. The molecule has 2 aromatic rings. The zero-order valence-electron chi connectivity index (χ0n) is 13.0. The first-order chi connectivity index (χ1) is 10.3. The minimum Gasteiger partial charge on any atom is -0.477 e. The highest BCUT2D eigenvalue weighted by Crippen LogP contribution is 2.37. The Balaban J connectivity index is 2.39. The molecule has 1 heterocycles. The smallest absolute Gasteiger partial charge is 0.348 e. The highest BCUT2D eigenvalue weighted by Gasteiger charge is 2.25. The Morgan fingerprint density at radius 1 is 1.23 bits per heavy atom. The SMILES string of the molecule is CC(C)(C)c1cc(N(CO)Cc2ccccc2)c(C(=O)O)s1. The van der Waals surface area contributed by atoms with E-state index in [9.17, 15) is 15.0 Å². The number of hydrogen-bond donors (Lipinski definition) is 2. The van der Waals surface area contributed by atoms with Crippen LogP contribution < -0.4 is 4.90 Å². The molecular formula is C17H21NO3S. The van der Waals surface area contributed by atoms with Gasteiger partial charge in [0.1, 0.15) is 11.6 Å². The molecule has 22 heavy (non-hydrogen) atoms. The van der Waals surface area contributed by atoms with Crippen LogP contribution >= 0.6 is 11.3 Å². The first-order valence-electron chi connectivity index (χ1n) is 7.10. The second-order valence-corrected chi connectivity index (χ2v) is 7.26. The maximum atomic E-state index is 11.5. The van der Waals surface area contributed by atoms with Crippen LogP contribution in [-0.4, -0.2) is 22.9 Å². The van der Waals surface area contributed by atoms with E-state index in [1.165, 1.54) is 11.3 Å². The van der Waals surface area contributed by atoms with E-state index in [1.54, 1.807) is 4.90 Å². The fourth-order valence-corrected chi connectivity index (χ4v) is 3.23. The van der Waals surface area contributed by atoms with E-state index in [1.807, 2.05) is 36.4 Å². The summed E-state index contributed by atoms with van der Waals surface area (Å²) in [7, 11) is 0. The molecule has 5 heteroatoms. The fourth-order valence-electron chi connectivity index (χ4n) is 2.15. The maximum Gasteiger partial charge on any atom is 0.348 e. The largest absolute Gasteiger partial charge is 0.477 e. The molecule has 0 saturated heterocycles. The minimum absolute atomic E-state index is 0.124. The van der Waals surface area contributed by atoms with Crippen LogP contribution in [0.25, 0.3) is 0 Å². The number of rotatable bonds is 5. The number of aliphatic hydroxyl groups is 1. The van der Waals surface area contributed by atoms with Gasteiger partial charge in [0, 0.05) is 11.4 Å². The zero-order chi connectivity index (χ0) is 16.3. The lowest BCUT2D eigenvalue weighted by Gasteiger charge is -2.22. The van der Waals surface area contributed by atoms with Gasteiger partial charge in [0.15, 0.2) is 0 Å². The normalized spacial score (nSPS) is 11.5. The summed E-state index contributed by atoms with van der Waals surface area (Å²) in [5.74, 6) is -0.956. The molecule has 118 valence electrons. The monoisotopic (exact) mass is 319 g/mol. The number of anilines is 1. The van der Waals surface area contributed by atoms with Gasteiger partial charge in [-0.3, -0.25) is 0 Å². The van der Waals surface area contributed by atoms with Crippen molar-refractivity contribution in [3.05, 3.63) is 51.7 Å².